The molecule has 0 aromatic carbocycles. The number of ether oxygens (including phenoxy) is 1. The summed E-state index contributed by atoms with van der Waals surface area (Å²) in [7, 11) is 3.95. The number of thiophene rings is 1. The third-order valence-electron chi connectivity index (χ3n) is 3.26. The average molecular weight is 333 g/mol. The smallest absolute Gasteiger partial charge is 0.0701 e. The lowest BCUT2D eigenvalue weighted by atomic mass is 10.2. The van der Waals surface area contributed by atoms with Crippen LogP contribution in [-0.4, -0.2) is 44.3 Å². The van der Waals surface area contributed by atoms with E-state index in [1.54, 1.807) is 18.4 Å². The molecule has 0 aliphatic heterocycles. The molecule has 1 N–H and O–H groups in total. The highest BCUT2D eigenvalue weighted by atomic mass is 79.9. The summed E-state index contributed by atoms with van der Waals surface area (Å²) < 4.78 is 6.53. The van der Waals surface area contributed by atoms with Crippen LogP contribution in [0.1, 0.15) is 18.4 Å². The fourth-order valence-electron chi connectivity index (χ4n) is 1.97. The lowest BCUT2D eigenvalue weighted by Gasteiger charge is -2.27. The van der Waals surface area contributed by atoms with E-state index < -0.39 is 0 Å². The summed E-state index contributed by atoms with van der Waals surface area (Å²) >= 11 is 5.25. The predicted molar refractivity (Wildman–Crippen MR) is 80.2 cm³/mol. The van der Waals surface area contributed by atoms with Crippen LogP contribution in [0.15, 0.2) is 15.2 Å². The minimum atomic E-state index is 0.439. The highest BCUT2D eigenvalue weighted by Gasteiger charge is 2.23. The molecule has 0 saturated heterocycles. The van der Waals surface area contributed by atoms with Crippen molar-refractivity contribution in [3.05, 3.63) is 20.8 Å². The molecule has 102 valence electrons. The molecule has 5 heteroatoms. The lowest BCUT2D eigenvalue weighted by Crippen LogP contribution is -2.43. The summed E-state index contributed by atoms with van der Waals surface area (Å²) in [6.07, 6.45) is 2.67. The van der Waals surface area contributed by atoms with Crippen LogP contribution in [0.2, 0.25) is 0 Å². The number of methoxy groups -OCH3 is 1. The van der Waals surface area contributed by atoms with Gasteiger partial charge in [0.1, 0.15) is 0 Å². The highest BCUT2D eigenvalue weighted by Crippen LogP contribution is 2.22. The molecule has 1 atom stereocenters. The summed E-state index contributed by atoms with van der Waals surface area (Å²) in [5.41, 5.74) is 1.36. The monoisotopic (exact) mass is 332 g/mol. The van der Waals surface area contributed by atoms with Gasteiger partial charge in [0.15, 0.2) is 0 Å². The van der Waals surface area contributed by atoms with Crippen molar-refractivity contribution in [1.29, 1.82) is 0 Å². The van der Waals surface area contributed by atoms with Gasteiger partial charge in [-0.15, -0.1) is 11.3 Å². The highest BCUT2D eigenvalue weighted by molar-refractivity contribution is 9.11. The van der Waals surface area contributed by atoms with Crippen LogP contribution in [0.3, 0.4) is 0 Å². The first-order chi connectivity index (χ1) is 8.69. The van der Waals surface area contributed by atoms with Gasteiger partial charge in [0.25, 0.3) is 0 Å². The van der Waals surface area contributed by atoms with Crippen LogP contribution < -0.4 is 5.32 Å². The van der Waals surface area contributed by atoms with Gasteiger partial charge in [-0.1, -0.05) is 0 Å². The van der Waals surface area contributed by atoms with Crippen molar-refractivity contribution in [3.63, 3.8) is 0 Å². The van der Waals surface area contributed by atoms with Gasteiger partial charge in [0.2, 0.25) is 0 Å². The average Bonchev–Trinajstić information content (AvgIpc) is 3.08. The van der Waals surface area contributed by atoms with Crippen molar-refractivity contribution in [1.82, 2.24) is 10.2 Å². The quantitative estimate of drug-likeness (QED) is 0.792. The molecule has 0 amide bonds. The SMILES string of the molecule is COCC(CNC1CC1)N(C)Cc1csc(Br)c1. The molecule has 3 nitrogen and oxygen atoms in total. The molecule has 18 heavy (non-hydrogen) atoms. The molecule has 1 aliphatic rings. The van der Waals surface area contributed by atoms with Gasteiger partial charge in [-0.3, -0.25) is 4.90 Å². The summed E-state index contributed by atoms with van der Waals surface area (Å²) in [5.74, 6) is 0. The van der Waals surface area contributed by atoms with Crippen molar-refractivity contribution in [2.75, 3.05) is 27.3 Å². The first-order valence-electron chi connectivity index (χ1n) is 6.34. The van der Waals surface area contributed by atoms with Crippen LogP contribution in [0.4, 0.5) is 0 Å². The van der Waals surface area contributed by atoms with Gasteiger partial charge < -0.3 is 10.1 Å². The molecule has 0 bridgehead atoms. The third kappa shape index (κ3) is 4.63. The van der Waals surface area contributed by atoms with Crippen molar-refractivity contribution in [2.45, 2.75) is 31.5 Å². The topological polar surface area (TPSA) is 24.5 Å². The van der Waals surface area contributed by atoms with Crippen LogP contribution in [-0.2, 0) is 11.3 Å². The van der Waals surface area contributed by atoms with Gasteiger partial charge in [-0.25, -0.2) is 0 Å². The van der Waals surface area contributed by atoms with Crippen molar-refractivity contribution < 1.29 is 4.74 Å². The van der Waals surface area contributed by atoms with Gasteiger partial charge in [-0.2, -0.15) is 0 Å². The number of nitrogens with one attached hydrogen (secondary N) is 1. The fraction of sp³-hybridized carbons (Fsp3) is 0.692. The van der Waals surface area contributed by atoms with Crippen LogP contribution >= 0.6 is 27.3 Å². The second-order valence-corrected chi connectivity index (χ2v) is 7.26. The van der Waals surface area contributed by atoms with E-state index in [2.05, 4.69) is 44.6 Å². The second kappa shape index (κ2) is 7.01. The molecule has 1 heterocycles. The Hall–Kier alpha value is 0.0600. The first kappa shape index (κ1) is 14.5. The first-order valence-corrected chi connectivity index (χ1v) is 8.01. The number of likely N-dealkylation sites (N-methyl/N-ethyl adjacent to an activating group) is 1. The van der Waals surface area contributed by atoms with E-state index in [4.69, 9.17) is 4.74 Å². The van der Waals surface area contributed by atoms with Crippen LogP contribution in [0.25, 0.3) is 0 Å². The summed E-state index contributed by atoms with van der Waals surface area (Å²) in [5, 5.41) is 5.79. The third-order valence-corrected chi connectivity index (χ3v) is 4.81. The van der Waals surface area contributed by atoms with E-state index in [0.29, 0.717) is 6.04 Å². The van der Waals surface area contributed by atoms with Crippen LogP contribution in [0.5, 0.6) is 0 Å². The normalized spacial score (nSPS) is 17.3. The fourth-order valence-corrected chi connectivity index (χ4v) is 3.17. The second-order valence-electron chi connectivity index (χ2n) is 4.97. The number of nitrogens with zero attached hydrogens (tertiary/aromatic N) is 1. The van der Waals surface area contributed by atoms with E-state index in [9.17, 15) is 0 Å². The summed E-state index contributed by atoms with van der Waals surface area (Å²) in [4.78, 5) is 2.37. The largest absolute Gasteiger partial charge is 0.383 e. The Morgan fingerprint density at radius 2 is 2.39 bits per heavy atom. The van der Waals surface area contributed by atoms with E-state index in [-0.39, 0.29) is 0 Å². The van der Waals surface area contributed by atoms with E-state index in [1.807, 2.05) is 0 Å². The predicted octanol–water partition coefficient (Wildman–Crippen LogP) is 2.71. The Morgan fingerprint density at radius 1 is 1.61 bits per heavy atom. The standard InChI is InChI=1S/C13H21BrN2OS/c1-16(7-10-5-13(14)18-9-10)12(8-17-2)6-15-11-3-4-11/h5,9,11-12,15H,3-4,6-8H2,1-2H3. The molecule has 1 fully saturated rings. The minimum absolute atomic E-state index is 0.439. The Kier molecular flexibility index (Phi) is 5.63. The Bertz CT molecular complexity index is 368. The number of hydrogen-bond acceptors (Lipinski definition) is 4. The minimum Gasteiger partial charge on any atom is -0.383 e. The molecular weight excluding hydrogens is 312 g/mol. The zero-order chi connectivity index (χ0) is 13.0. The zero-order valence-corrected chi connectivity index (χ0v) is 13.4. The molecule has 1 aliphatic carbocycles. The Balaban J connectivity index is 1.83. The Morgan fingerprint density at radius 3 is 2.94 bits per heavy atom. The molecule has 0 radical (unpaired) electrons. The van der Waals surface area contributed by atoms with E-state index >= 15 is 0 Å². The summed E-state index contributed by atoms with van der Waals surface area (Å²) in [6, 6.07) is 3.39. The number of rotatable bonds is 8. The zero-order valence-electron chi connectivity index (χ0n) is 11.0. The molecule has 1 aromatic heterocycles. The van der Waals surface area contributed by atoms with Gasteiger partial charge in [0.05, 0.1) is 10.4 Å². The number of halogens is 1. The van der Waals surface area contributed by atoms with Gasteiger partial charge in [0, 0.05) is 32.3 Å². The van der Waals surface area contributed by atoms with Crippen LogP contribution in [0, 0.1) is 0 Å². The van der Waals surface area contributed by atoms with E-state index in [1.165, 1.54) is 22.2 Å². The maximum Gasteiger partial charge on any atom is 0.0701 e. The molecular formula is C13H21BrN2OS. The van der Waals surface area contributed by atoms with Gasteiger partial charge >= 0.3 is 0 Å². The van der Waals surface area contributed by atoms with Crippen molar-refractivity contribution in [2.24, 2.45) is 0 Å². The molecule has 2 rings (SSSR count). The van der Waals surface area contributed by atoms with Crippen molar-refractivity contribution >= 4 is 27.3 Å². The van der Waals surface area contributed by atoms with E-state index in [0.717, 1.165) is 25.7 Å². The Labute approximate surface area is 122 Å². The van der Waals surface area contributed by atoms with Gasteiger partial charge in [-0.05, 0) is 52.8 Å². The molecule has 1 aromatic rings. The lowest BCUT2D eigenvalue weighted by molar-refractivity contribution is 0.101. The maximum atomic E-state index is 5.33. The number of hydrogen-bond donors (Lipinski definition) is 1. The summed E-state index contributed by atoms with van der Waals surface area (Å²) in [6.45, 7) is 2.77. The molecule has 1 saturated carbocycles. The maximum absolute atomic E-state index is 5.33. The molecule has 0 spiro atoms. The molecule has 1 unspecified atom stereocenters. The van der Waals surface area contributed by atoms with Crippen molar-refractivity contribution in [3.8, 4) is 0 Å².